The molecule has 1 aliphatic carbocycles. The highest BCUT2D eigenvalue weighted by molar-refractivity contribution is 6.32. The number of anilines is 1. The fourth-order valence-corrected chi connectivity index (χ4v) is 4.29. The van der Waals surface area contributed by atoms with Crippen molar-refractivity contribution < 1.29 is 18.7 Å². The van der Waals surface area contributed by atoms with Gasteiger partial charge in [-0.2, -0.15) is 0 Å². The first-order valence-electron chi connectivity index (χ1n) is 10.8. The van der Waals surface area contributed by atoms with E-state index in [0.29, 0.717) is 28.6 Å². The van der Waals surface area contributed by atoms with Gasteiger partial charge in [-0.15, -0.1) is 0 Å². The lowest BCUT2D eigenvalue weighted by atomic mass is 9.86. The Bertz CT molecular complexity index is 1410. The molecule has 0 unspecified atom stereocenters. The number of rotatable bonds is 5. The lowest BCUT2D eigenvalue weighted by molar-refractivity contribution is -0.119. The standard InChI is InChI=1S/C26H20ClN3O4/c27-25-21(11-4-12-28-25)29-22(31)15-34-26(32)23-18-8-1-2-10-20(18)30-24-16(6-3-9-19(23)24)14-17-7-5-13-33-17/h1-2,4-5,7-8,10-14H,3,6,9,15H2,(H,29,31)/b16-14+. The van der Waals surface area contributed by atoms with Gasteiger partial charge in [0.15, 0.2) is 11.8 Å². The van der Waals surface area contributed by atoms with Crippen LogP contribution < -0.4 is 5.32 Å². The second kappa shape index (κ2) is 9.49. The first kappa shape index (κ1) is 21.9. The highest BCUT2D eigenvalue weighted by atomic mass is 35.5. The number of nitrogens with zero attached hydrogens (tertiary/aromatic N) is 2. The number of amides is 1. The van der Waals surface area contributed by atoms with E-state index in [1.807, 2.05) is 42.5 Å². The van der Waals surface area contributed by atoms with E-state index in [4.69, 9.17) is 25.7 Å². The van der Waals surface area contributed by atoms with Gasteiger partial charge >= 0.3 is 5.97 Å². The lowest BCUT2D eigenvalue weighted by Crippen LogP contribution is -2.22. The molecule has 1 N–H and O–H groups in total. The topological polar surface area (TPSA) is 94.3 Å². The van der Waals surface area contributed by atoms with Gasteiger partial charge in [0.1, 0.15) is 5.76 Å². The number of esters is 1. The molecule has 7 nitrogen and oxygen atoms in total. The molecule has 3 aromatic heterocycles. The molecule has 8 heteroatoms. The predicted octanol–water partition coefficient (Wildman–Crippen LogP) is 5.55. The fraction of sp³-hybridized carbons (Fsp3) is 0.154. The third-order valence-corrected chi connectivity index (χ3v) is 5.90. The van der Waals surface area contributed by atoms with E-state index >= 15 is 0 Å². The second-order valence-corrected chi connectivity index (χ2v) is 8.19. The predicted molar refractivity (Wildman–Crippen MR) is 129 cm³/mol. The maximum Gasteiger partial charge on any atom is 0.339 e. The molecular weight excluding hydrogens is 454 g/mol. The molecule has 0 aliphatic heterocycles. The van der Waals surface area contributed by atoms with Gasteiger partial charge in [-0.3, -0.25) is 4.79 Å². The Hall–Kier alpha value is -3.97. The van der Waals surface area contributed by atoms with Crippen molar-refractivity contribution in [3.8, 4) is 0 Å². The van der Waals surface area contributed by atoms with Gasteiger partial charge in [0.25, 0.3) is 5.91 Å². The van der Waals surface area contributed by atoms with Crippen molar-refractivity contribution in [1.29, 1.82) is 0 Å². The largest absolute Gasteiger partial charge is 0.465 e. The molecule has 4 aromatic rings. The number of ether oxygens (including phenoxy) is 1. The summed E-state index contributed by atoms with van der Waals surface area (Å²) in [5, 5.41) is 3.46. The van der Waals surface area contributed by atoms with Crippen molar-refractivity contribution in [2.45, 2.75) is 19.3 Å². The number of nitrogens with one attached hydrogen (secondary N) is 1. The Balaban J connectivity index is 1.46. The molecule has 0 fully saturated rings. The number of para-hydroxylation sites is 1. The number of fused-ring (bicyclic) bond motifs is 2. The van der Waals surface area contributed by atoms with E-state index in [-0.39, 0.29) is 5.15 Å². The summed E-state index contributed by atoms with van der Waals surface area (Å²) in [6, 6.07) is 14.4. The summed E-state index contributed by atoms with van der Waals surface area (Å²) >= 11 is 5.98. The Morgan fingerprint density at radius 2 is 2.00 bits per heavy atom. The summed E-state index contributed by atoms with van der Waals surface area (Å²) < 4.78 is 10.9. The number of halogens is 1. The molecule has 0 saturated carbocycles. The van der Waals surface area contributed by atoms with Crippen LogP contribution in [0.15, 0.2) is 65.4 Å². The molecule has 3 heterocycles. The Kier molecular flexibility index (Phi) is 6.10. The van der Waals surface area contributed by atoms with Crippen LogP contribution >= 0.6 is 11.6 Å². The third kappa shape index (κ3) is 4.43. The smallest absolute Gasteiger partial charge is 0.339 e. The number of hydrogen-bond acceptors (Lipinski definition) is 6. The first-order chi connectivity index (χ1) is 16.6. The highest BCUT2D eigenvalue weighted by Crippen LogP contribution is 2.36. The number of furan rings is 1. The fourth-order valence-electron chi connectivity index (χ4n) is 4.12. The Morgan fingerprint density at radius 1 is 1.12 bits per heavy atom. The number of carbonyl (C=O) groups is 2. The van der Waals surface area contributed by atoms with Crippen molar-refractivity contribution >= 4 is 51.7 Å². The maximum absolute atomic E-state index is 13.3. The van der Waals surface area contributed by atoms with E-state index in [9.17, 15) is 9.59 Å². The minimum atomic E-state index is -0.568. The molecule has 0 bridgehead atoms. The van der Waals surface area contributed by atoms with Gasteiger partial charge in [-0.1, -0.05) is 29.8 Å². The molecule has 5 rings (SSSR count). The minimum absolute atomic E-state index is 0.159. The molecule has 0 radical (unpaired) electrons. The molecule has 170 valence electrons. The van der Waals surface area contributed by atoms with Gasteiger partial charge in [0.05, 0.1) is 28.7 Å². The molecule has 0 spiro atoms. The first-order valence-corrected chi connectivity index (χ1v) is 11.2. The van der Waals surface area contributed by atoms with E-state index < -0.39 is 18.5 Å². The highest BCUT2D eigenvalue weighted by Gasteiger charge is 2.26. The van der Waals surface area contributed by atoms with Gasteiger partial charge in [-0.25, -0.2) is 14.8 Å². The summed E-state index contributed by atoms with van der Waals surface area (Å²) in [6.45, 7) is -0.454. The van der Waals surface area contributed by atoms with Crippen LogP contribution in [0.25, 0.3) is 22.6 Å². The zero-order valence-electron chi connectivity index (χ0n) is 18.1. The van der Waals surface area contributed by atoms with Crippen LogP contribution in [-0.4, -0.2) is 28.5 Å². The molecular formula is C26H20ClN3O4. The summed E-state index contributed by atoms with van der Waals surface area (Å²) in [7, 11) is 0. The van der Waals surface area contributed by atoms with Gasteiger partial charge in [-0.05, 0) is 66.8 Å². The van der Waals surface area contributed by atoms with Crippen molar-refractivity contribution in [2.75, 3.05) is 11.9 Å². The number of allylic oxidation sites excluding steroid dienone is 1. The van der Waals surface area contributed by atoms with Crippen molar-refractivity contribution in [1.82, 2.24) is 9.97 Å². The quantitative estimate of drug-likeness (QED) is 0.301. The summed E-state index contributed by atoms with van der Waals surface area (Å²) in [5.74, 6) is -0.344. The van der Waals surface area contributed by atoms with Crippen LogP contribution in [0.3, 0.4) is 0 Å². The van der Waals surface area contributed by atoms with E-state index in [1.54, 1.807) is 18.4 Å². The van der Waals surface area contributed by atoms with Gasteiger partial charge in [0, 0.05) is 11.6 Å². The number of hydrogen-bond donors (Lipinski definition) is 1. The average molecular weight is 474 g/mol. The summed E-state index contributed by atoms with van der Waals surface area (Å²) in [6.07, 6.45) is 7.47. The zero-order chi connectivity index (χ0) is 23.5. The molecule has 0 atom stereocenters. The van der Waals surface area contributed by atoms with Crippen molar-refractivity contribution in [3.05, 3.63) is 88.7 Å². The van der Waals surface area contributed by atoms with Crippen molar-refractivity contribution in [3.63, 3.8) is 0 Å². The number of benzene rings is 1. The molecule has 1 amide bonds. The van der Waals surface area contributed by atoms with Crippen LogP contribution in [0, 0.1) is 0 Å². The average Bonchev–Trinajstić information content (AvgIpc) is 3.36. The Labute approximate surface area is 200 Å². The monoisotopic (exact) mass is 473 g/mol. The van der Waals surface area contributed by atoms with E-state index in [2.05, 4.69) is 10.3 Å². The zero-order valence-corrected chi connectivity index (χ0v) is 18.8. The number of pyridine rings is 2. The third-order valence-electron chi connectivity index (χ3n) is 5.60. The second-order valence-electron chi connectivity index (χ2n) is 7.84. The van der Waals surface area contributed by atoms with Crippen LogP contribution in [-0.2, 0) is 16.0 Å². The Morgan fingerprint density at radius 3 is 2.82 bits per heavy atom. The van der Waals surface area contributed by atoms with E-state index in [1.165, 1.54) is 6.20 Å². The normalized spacial score (nSPS) is 14.1. The van der Waals surface area contributed by atoms with Crippen LogP contribution in [0.4, 0.5) is 5.69 Å². The van der Waals surface area contributed by atoms with Crippen LogP contribution in [0.5, 0.6) is 0 Å². The minimum Gasteiger partial charge on any atom is -0.465 e. The van der Waals surface area contributed by atoms with Crippen LogP contribution in [0.1, 0.15) is 40.2 Å². The molecule has 34 heavy (non-hydrogen) atoms. The van der Waals surface area contributed by atoms with Gasteiger partial charge in [0.2, 0.25) is 0 Å². The van der Waals surface area contributed by atoms with Crippen LogP contribution in [0.2, 0.25) is 5.15 Å². The SMILES string of the molecule is O=C(COC(=O)c1c2c(nc3ccccc13)/C(=C/c1ccco1)CCC2)Nc1cccnc1Cl. The number of carbonyl (C=O) groups excluding carboxylic acids is 2. The summed E-state index contributed by atoms with van der Waals surface area (Å²) in [5.41, 5.74) is 4.07. The number of aromatic nitrogens is 2. The van der Waals surface area contributed by atoms with Gasteiger partial charge < -0.3 is 14.5 Å². The lowest BCUT2D eigenvalue weighted by Gasteiger charge is -2.22. The van der Waals surface area contributed by atoms with E-state index in [0.717, 1.165) is 35.4 Å². The maximum atomic E-state index is 13.3. The van der Waals surface area contributed by atoms with Crippen molar-refractivity contribution in [2.24, 2.45) is 0 Å². The molecule has 1 aromatic carbocycles. The molecule has 0 saturated heterocycles. The molecule has 1 aliphatic rings. The summed E-state index contributed by atoms with van der Waals surface area (Å²) in [4.78, 5) is 34.4.